The molecular weight excluding hydrogens is 518 g/mol. The maximum absolute atomic E-state index is 13.8. The fourth-order valence-corrected chi connectivity index (χ4v) is 5.10. The van der Waals surface area contributed by atoms with Crippen LogP contribution in [0.1, 0.15) is 46.6 Å². The molecule has 37 heavy (non-hydrogen) atoms. The number of amides is 2. The Morgan fingerprint density at radius 1 is 1.05 bits per heavy atom. The van der Waals surface area contributed by atoms with E-state index in [1.54, 1.807) is 36.4 Å². The molecule has 1 heterocycles. The van der Waals surface area contributed by atoms with Crippen molar-refractivity contribution in [3.8, 4) is 11.5 Å². The van der Waals surface area contributed by atoms with Crippen molar-refractivity contribution >= 4 is 39.1 Å². The van der Waals surface area contributed by atoms with Gasteiger partial charge in [-0.25, -0.2) is 8.42 Å². The third-order valence-electron chi connectivity index (χ3n) is 5.77. The monoisotopic (exact) mass is 551 g/mol. The minimum atomic E-state index is -3.85. The van der Waals surface area contributed by atoms with Crippen LogP contribution in [0.4, 0.5) is 5.69 Å². The smallest absolute Gasteiger partial charge is 0.244 e. The van der Waals surface area contributed by atoms with E-state index in [1.165, 1.54) is 17.9 Å². The quantitative estimate of drug-likeness (QED) is 0.479. The van der Waals surface area contributed by atoms with Crippen molar-refractivity contribution in [2.24, 2.45) is 0 Å². The first kappa shape index (κ1) is 28.6. The number of sulfonamides is 1. The Hall–Kier alpha value is -2.98. The maximum Gasteiger partial charge on any atom is 0.244 e. The van der Waals surface area contributed by atoms with Crippen molar-refractivity contribution in [3.63, 3.8) is 0 Å². The second-order valence-electron chi connectivity index (χ2n) is 9.76. The minimum Gasteiger partial charge on any atom is -0.454 e. The molecule has 1 aliphatic heterocycles. The fraction of sp³-hybridized carbons (Fsp3) is 0.462. The summed E-state index contributed by atoms with van der Waals surface area (Å²) in [5.74, 6) is -0.146. The molecule has 2 aromatic carbocycles. The number of anilines is 1. The van der Waals surface area contributed by atoms with E-state index in [4.69, 9.17) is 21.1 Å². The van der Waals surface area contributed by atoms with Gasteiger partial charge in [-0.2, -0.15) is 0 Å². The highest BCUT2D eigenvalue weighted by Gasteiger charge is 2.34. The average Bonchev–Trinajstić information content (AvgIpc) is 3.30. The number of nitrogens with one attached hydrogen (secondary N) is 1. The van der Waals surface area contributed by atoms with Gasteiger partial charge in [-0.15, -0.1) is 0 Å². The van der Waals surface area contributed by atoms with Crippen molar-refractivity contribution in [3.05, 3.63) is 53.1 Å². The summed E-state index contributed by atoms with van der Waals surface area (Å²) in [5.41, 5.74) is 0.523. The van der Waals surface area contributed by atoms with Crippen LogP contribution in [-0.2, 0) is 26.2 Å². The molecule has 0 aliphatic carbocycles. The number of rotatable bonds is 10. The molecule has 2 amide bonds. The summed E-state index contributed by atoms with van der Waals surface area (Å²) < 4.78 is 38.0. The van der Waals surface area contributed by atoms with Crippen LogP contribution < -0.4 is 19.1 Å². The van der Waals surface area contributed by atoms with Crippen molar-refractivity contribution < 1.29 is 27.5 Å². The third kappa shape index (κ3) is 7.29. The molecule has 0 saturated carbocycles. The standard InChI is InChI=1S/C26H34ClN3O6S/c1-6-21(25(32)28-26(3,4)5)29(15-18-8-10-19(27)11-9-18)24(31)16-30(37(33,34)7-2)20-12-13-22-23(14-20)36-17-35-22/h8-14,21H,6-7,15-17H2,1-5H3,(H,28,32)/t21-/m1/s1. The zero-order valence-electron chi connectivity index (χ0n) is 21.8. The normalized spacial score (nSPS) is 13.7. The number of carbonyl (C=O) groups excluding carboxylic acids is 2. The number of ether oxygens (including phenoxy) is 2. The Kier molecular flexibility index (Phi) is 8.96. The SMILES string of the molecule is CC[C@H](C(=O)NC(C)(C)C)N(Cc1ccc(Cl)cc1)C(=O)CN(c1ccc2c(c1)OCO2)S(=O)(=O)CC. The molecular formula is C26H34ClN3O6S. The molecule has 0 spiro atoms. The van der Waals surface area contributed by atoms with Crippen molar-refractivity contribution in [1.82, 2.24) is 10.2 Å². The molecule has 9 nitrogen and oxygen atoms in total. The lowest BCUT2D eigenvalue weighted by molar-refractivity contribution is -0.141. The van der Waals surface area contributed by atoms with E-state index >= 15 is 0 Å². The van der Waals surface area contributed by atoms with Gasteiger partial charge in [0.25, 0.3) is 0 Å². The Labute approximate surface area is 223 Å². The Balaban J connectivity index is 1.98. The van der Waals surface area contributed by atoms with Gasteiger partial charge >= 0.3 is 0 Å². The lowest BCUT2D eigenvalue weighted by Gasteiger charge is -2.34. The van der Waals surface area contributed by atoms with Gasteiger partial charge in [-0.1, -0.05) is 30.7 Å². The van der Waals surface area contributed by atoms with Gasteiger partial charge in [-0.05, 0) is 63.9 Å². The van der Waals surface area contributed by atoms with Crippen LogP contribution in [0.3, 0.4) is 0 Å². The lowest BCUT2D eigenvalue weighted by Crippen LogP contribution is -2.55. The first-order valence-corrected chi connectivity index (χ1v) is 14.1. The molecule has 1 aliphatic rings. The largest absolute Gasteiger partial charge is 0.454 e. The number of fused-ring (bicyclic) bond motifs is 1. The Morgan fingerprint density at radius 2 is 1.70 bits per heavy atom. The second-order valence-corrected chi connectivity index (χ2v) is 12.4. The highest BCUT2D eigenvalue weighted by molar-refractivity contribution is 7.92. The Bertz CT molecular complexity index is 1230. The predicted octanol–water partition coefficient (Wildman–Crippen LogP) is 3.95. The number of carbonyl (C=O) groups is 2. The Morgan fingerprint density at radius 3 is 2.30 bits per heavy atom. The van der Waals surface area contributed by atoms with E-state index in [-0.39, 0.29) is 30.7 Å². The number of halogens is 1. The molecule has 1 N–H and O–H groups in total. The number of hydrogen-bond donors (Lipinski definition) is 1. The summed E-state index contributed by atoms with van der Waals surface area (Å²) in [6, 6.07) is 10.9. The van der Waals surface area contributed by atoms with Crippen molar-refractivity contribution in [2.75, 3.05) is 23.4 Å². The van der Waals surface area contributed by atoms with Crippen molar-refractivity contribution in [1.29, 1.82) is 0 Å². The fourth-order valence-electron chi connectivity index (χ4n) is 3.92. The van der Waals surface area contributed by atoms with E-state index in [1.807, 2.05) is 27.7 Å². The van der Waals surface area contributed by atoms with E-state index in [0.29, 0.717) is 22.9 Å². The van der Waals surface area contributed by atoms with Gasteiger partial charge < -0.3 is 19.7 Å². The molecule has 0 fully saturated rings. The van der Waals surface area contributed by atoms with Gasteiger partial charge in [0.05, 0.1) is 11.4 Å². The molecule has 2 aromatic rings. The highest BCUT2D eigenvalue weighted by atomic mass is 35.5. The summed E-state index contributed by atoms with van der Waals surface area (Å²) in [6.07, 6.45) is 0.339. The van der Waals surface area contributed by atoms with Crippen LogP contribution in [-0.4, -0.2) is 55.8 Å². The van der Waals surface area contributed by atoms with Crippen LogP contribution >= 0.6 is 11.6 Å². The molecule has 3 rings (SSSR count). The van der Waals surface area contributed by atoms with Crippen LogP contribution in [0.2, 0.25) is 5.02 Å². The summed E-state index contributed by atoms with van der Waals surface area (Å²) in [4.78, 5) is 28.5. The van der Waals surface area contributed by atoms with Crippen LogP contribution in [0.5, 0.6) is 11.5 Å². The maximum atomic E-state index is 13.8. The average molecular weight is 552 g/mol. The molecule has 11 heteroatoms. The summed E-state index contributed by atoms with van der Waals surface area (Å²) in [5, 5.41) is 3.48. The topological polar surface area (TPSA) is 105 Å². The molecule has 0 saturated heterocycles. The van der Waals surface area contributed by atoms with Gasteiger partial charge in [0.2, 0.25) is 28.6 Å². The van der Waals surface area contributed by atoms with E-state index in [0.717, 1.165) is 9.87 Å². The number of hydrogen-bond acceptors (Lipinski definition) is 6. The minimum absolute atomic E-state index is 0.0359. The zero-order chi connectivity index (χ0) is 27.4. The number of nitrogens with zero attached hydrogens (tertiary/aromatic N) is 2. The first-order chi connectivity index (χ1) is 17.3. The van der Waals surface area contributed by atoms with E-state index in [9.17, 15) is 18.0 Å². The summed E-state index contributed by atoms with van der Waals surface area (Å²) in [7, 11) is -3.85. The van der Waals surface area contributed by atoms with E-state index < -0.39 is 34.1 Å². The molecule has 0 bridgehead atoms. The first-order valence-electron chi connectivity index (χ1n) is 12.1. The third-order valence-corrected chi connectivity index (χ3v) is 7.77. The second kappa shape index (κ2) is 11.6. The van der Waals surface area contributed by atoms with Gasteiger partial charge in [0.15, 0.2) is 11.5 Å². The summed E-state index contributed by atoms with van der Waals surface area (Å²) >= 11 is 6.03. The lowest BCUT2D eigenvalue weighted by atomic mass is 10.1. The van der Waals surface area contributed by atoms with Crippen LogP contribution in [0.25, 0.3) is 0 Å². The molecule has 1 atom stereocenters. The zero-order valence-corrected chi connectivity index (χ0v) is 23.4. The molecule has 0 radical (unpaired) electrons. The van der Waals surface area contributed by atoms with Crippen molar-refractivity contribution in [2.45, 2.75) is 59.2 Å². The van der Waals surface area contributed by atoms with Gasteiger partial charge in [-0.3, -0.25) is 13.9 Å². The molecule has 0 unspecified atom stereocenters. The molecule has 202 valence electrons. The predicted molar refractivity (Wildman–Crippen MR) is 143 cm³/mol. The number of benzene rings is 2. The van der Waals surface area contributed by atoms with Crippen LogP contribution in [0.15, 0.2) is 42.5 Å². The van der Waals surface area contributed by atoms with Crippen LogP contribution in [0, 0.1) is 0 Å². The molecule has 0 aromatic heterocycles. The van der Waals surface area contributed by atoms with Gasteiger partial charge in [0, 0.05) is 23.2 Å². The van der Waals surface area contributed by atoms with E-state index in [2.05, 4.69) is 5.32 Å². The van der Waals surface area contributed by atoms with Gasteiger partial charge in [0.1, 0.15) is 12.6 Å². The summed E-state index contributed by atoms with van der Waals surface area (Å²) in [6.45, 7) is 8.56. The highest BCUT2D eigenvalue weighted by Crippen LogP contribution is 2.36.